The molecule has 22 heavy (non-hydrogen) atoms. The molecule has 0 fully saturated rings. The van der Waals surface area contributed by atoms with Crippen molar-refractivity contribution in [3.63, 3.8) is 0 Å². The van der Waals surface area contributed by atoms with Gasteiger partial charge in [0.15, 0.2) is 0 Å². The maximum absolute atomic E-state index is 2.31. The van der Waals surface area contributed by atoms with Crippen molar-refractivity contribution in [2.45, 2.75) is 54.9 Å². The summed E-state index contributed by atoms with van der Waals surface area (Å²) in [5.74, 6) is 0. The van der Waals surface area contributed by atoms with Crippen molar-refractivity contribution in [3.8, 4) is 0 Å². The first-order valence-electron chi connectivity index (χ1n) is 8.12. The lowest BCUT2D eigenvalue weighted by molar-refractivity contribution is 1.16. The zero-order valence-corrected chi connectivity index (χ0v) is 15.1. The van der Waals surface area contributed by atoms with Gasteiger partial charge in [-0.25, -0.2) is 0 Å². The molecule has 0 N–H and O–H groups in total. The van der Waals surface area contributed by atoms with Crippen LogP contribution in [0.5, 0.6) is 0 Å². The van der Waals surface area contributed by atoms with Crippen LogP contribution in [-0.2, 0) is 6.42 Å². The van der Waals surface area contributed by atoms with E-state index in [0.29, 0.717) is 0 Å². The van der Waals surface area contributed by atoms with Crippen LogP contribution in [0.15, 0.2) is 24.3 Å². The second-order valence-corrected chi connectivity index (χ2v) is 6.58. The van der Waals surface area contributed by atoms with Crippen LogP contribution in [0.4, 0.5) is 0 Å². The first-order valence-corrected chi connectivity index (χ1v) is 8.12. The topological polar surface area (TPSA) is 0 Å². The number of aryl methyl sites for hydroxylation is 2. The predicted octanol–water partition coefficient (Wildman–Crippen LogP) is 6.10. The molecule has 0 aliphatic heterocycles. The first kappa shape index (κ1) is 16.5. The van der Waals surface area contributed by atoms with Gasteiger partial charge in [-0.15, -0.1) is 0 Å². The lowest BCUT2D eigenvalue weighted by atomic mass is 9.89. The van der Waals surface area contributed by atoms with E-state index in [1.54, 1.807) is 0 Å². The van der Waals surface area contributed by atoms with Crippen LogP contribution < -0.4 is 0 Å². The Morgan fingerprint density at radius 3 is 1.82 bits per heavy atom. The zero-order chi connectivity index (χ0) is 16.4. The van der Waals surface area contributed by atoms with Crippen molar-refractivity contribution in [1.29, 1.82) is 0 Å². The lowest BCUT2D eigenvalue weighted by Gasteiger charge is -2.16. The van der Waals surface area contributed by atoms with E-state index >= 15 is 0 Å². The molecule has 0 amide bonds. The van der Waals surface area contributed by atoms with Crippen LogP contribution >= 0.6 is 0 Å². The number of hydrogen-bond donors (Lipinski definition) is 0. The van der Waals surface area contributed by atoms with Crippen LogP contribution in [0, 0.1) is 48.5 Å². The minimum absolute atomic E-state index is 0.997. The maximum Gasteiger partial charge on any atom is -0.00915 e. The second kappa shape index (κ2) is 6.52. The molecule has 0 aromatic heterocycles. The summed E-state index contributed by atoms with van der Waals surface area (Å²) in [6, 6.07) is 6.72. The van der Waals surface area contributed by atoms with Crippen molar-refractivity contribution in [3.05, 3.63) is 74.3 Å². The van der Waals surface area contributed by atoms with Gasteiger partial charge in [0.2, 0.25) is 0 Å². The molecule has 2 aromatic carbocycles. The Hall–Kier alpha value is -1.82. The molecule has 116 valence electrons. The average Bonchev–Trinajstić information content (AvgIpc) is 2.48. The Morgan fingerprint density at radius 2 is 1.27 bits per heavy atom. The summed E-state index contributed by atoms with van der Waals surface area (Å²) in [5, 5.41) is 0. The summed E-state index contributed by atoms with van der Waals surface area (Å²) in [4.78, 5) is 0. The van der Waals surface area contributed by atoms with Gasteiger partial charge in [0, 0.05) is 0 Å². The highest BCUT2D eigenvalue weighted by Crippen LogP contribution is 2.27. The first-order chi connectivity index (χ1) is 10.3. The molecular formula is C22H28. The molecule has 0 radical (unpaired) electrons. The van der Waals surface area contributed by atoms with E-state index in [0.717, 1.165) is 6.42 Å². The van der Waals surface area contributed by atoms with Crippen molar-refractivity contribution >= 4 is 6.08 Å². The number of rotatable bonds is 3. The van der Waals surface area contributed by atoms with Crippen LogP contribution in [-0.4, -0.2) is 0 Å². The molecule has 0 nitrogen and oxygen atoms in total. The van der Waals surface area contributed by atoms with E-state index in [2.05, 4.69) is 78.8 Å². The Labute approximate surface area is 135 Å². The maximum atomic E-state index is 2.31. The summed E-state index contributed by atoms with van der Waals surface area (Å²) in [5.41, 5.74) is 12.6. The van der Waals surface area contributed by atoms with Crippen LogP contribution in [0.3, 0.4) is 0 Å². The van der Waals surface area contributed by atoms with Gasteiger partial charge >= 0.3 is 0 Å². The molecule has 0 heterocycles. The molecular weight excluding hydrogens is 264 g/mol. The van der Waals surface area contributed by atoms with Crippen molar-refractivity contribution in [1.82, 2.24) is 0 Å². The monoisotopic (exact) mass is 292 g/mol. The molecule has 0 aliphatic carbocycles. The number of hydrogen-bond acceptors (Lipinski definition) is 0. The fraction of sp³-hybridized carbons (Fsp3) is 0.364. The molecule has 0 spiro atoms. The largest absolute Gasteiger partial charge is 0.0795 e. The minimum Gasteiger partial charge on any atom is -0.0795 e. The van der Waals surface area contributed by atoms with E-state index in [9.17, 15) is 0 Å². The second-order valence-electron chi connectivity index (χ2n) is 6.58. The van der Waals surface area contributed by atoms with Gasteiger partial charge in [0.25, 0.3) is 0 Å². The molecule has 0 heteroatoms. The van der Waals surface area contributed by atoms with Crippen molar-refractivity contribution in [2.75, 3.05) is 0 Å². The highest BCUT2D eigenvalue weighted by atomic mass is 14.1. The SMILES string of the molecule is Cc1ccc(CC=Cc2c(C)c(C)c(C)c(C)c2C)c(C)c1. The third-order valence-electron chi connectivity index (χ3n) is 5.18. The van der Waals surface area contributed by atoms with Gasteiger partial charge in [-0.3, -0.25) is 0 Å². The summed E-state index contributed by atoms with van der Waals surface area (Å²) >= 11 is 0. The third kappa shape index (κ3) is 3.16. The van der Waals surface area contributed by atoms with E-state index in [4.69, 9.17) is 0 Å². The van der Waals surface area contributed by atoms with Crippen LogP contribution in [0.25, 0.3) is 6.08 Å². The summed E-state index contributed by atoms with van der Waals surface area (Å²) in [6.45, 7) is 15.5. The smallest absolute Gasteiger partial charge is 0.00915 e. The van der Waals surface area contributed by atoms with Gasteiger partial charge in [0.1, 0.15) is 0 Å². The van der Waals surface area contributed by atoms with E-state index in [1.807, 2.05) is 0 Å². The molecule has 0 aliphatic rings. The van der Waals surface area contributed by atoms with Gasteiger partial charge in [0.05, 0.1) is 0 Å². The summed E-state index contributed by atoms with van der Waals surface area (Å²) in [7, 11) is 0. The van der Waals surface area contributed by atoms with E-state index in [-0.39, 0.29) is 0 Å². The minimum atomic E-state index is 0.997. The molecule has 0 saturated heterocycles. The fourth-order valence-electron chi connectivity index (χ4n) is 3.16. The number of benzene rings is 2. The van der Waals surface area contributed by atoms with Crippen LogP contribution in [0.2, 0.25) is 0 Å². The Balaban J connectivity index is 2.31. The van der Waals surface area contributed by atoms with Crippen molar-refractivity contribution < 1.29 is 0 Å². The average molecular weight is 292 g/mol. The quantitative estimate of drug-likeness (QED) is 0.641. The van der Waals surface area contributed by atoms with E-state index in [1.165, 1.54) is 50.1 Å². The van der Waals surface area contributed by atoms with Gasteiger partial charge < -0.3 is 0 Å². The Bertz CT molecular complexity index is 701. The van der Waals surface area contributed by atoms with Crippen LogP contribution in [0.1, 0.15) is 50.1 Å². The van der Waals surface area contributed by atoms with Gasteiger partial charge in [-0.1, -0.05) is 35.9 Å². The fourth-order valence-corrected chi connectivity index (χ4v) is 3.16. The van der Waals surface area contributed by atoms with E-state index < -0.39 is 0 Å². The standard InChI is InChI=1S/C22H28/c1-14-11-12-21(15(2)13-14)9-8-10-22-19(6)17(4)16(3)18(5)20(22)7/h8,10-13H,9H2,1-7H3. The Kier molecular flexibility index (Phi) is 4.90. The molecule has 0 saturated carbocycles. The molecule has 2 aromatic rings. The van der Waals surface area contributed by atoms with Gasteiger partial charge in [-0.2, -0.15) is 0 Å². The third-order valence-corrected chi connectivity index (χ3v) is 5.18. The molecule has 0 unspecified atom stereocenters. The highest BCUT2D eigenvalue weighted by Gasteiger charge is 2.09. The van der Waals surface area contributed by atoms with Gasteiger partial charge in [-0.05, 0) is 99.4 Å². The predicted molar refractivity (Wildman–Crippen MR) is 98.8 cm³/mol. The lowest BCUT2D eigenvalue weighted by Crippen LogP contribution is -1.99. The Morgan fingerprint density at radius 1 is 0.727 bits per heavy atom. The van der Waals surface area contributed by atoms with Crippen molar-refractivity contribution in [2.24, 2.45) is 0 Å². The summed E-state index contributed by atoms with van der Waals surface area (Å²) < 4.78 is 0. The molecule has 0 bridgehead atoms. The molecule has 2 rings (SSSR count). The summed E-state index contributed by atoms with van der Waals surface area (Å²) in [6.07, 6.45) is 5.61. The highest BCUT2D eigenvalue weighted by molar-refractivity contribution is 5.63. The number of allylic oxidation sites excluding steroid dienone is 1. The normalized spacial score (nSPS) is 11.4. The molecule has 0 atom stereocenters. The zero-order valence-electron chi connectivity index (χ0n) is 15.1.